The number of halogens is 1. The first-order valence-electron chi connectivity index (χ1n) is 13.9. The maximum absolute atomic E-state index is 12.9. The molecule has 1 atom stereocenters. The van der Waals surface area contributed by atoms with E-state index in [2.05, 4.69) is 16.9 Å². The normalized spacial score (nSPS) is 12.9. The molecular formula is C35H32ClN5O3. The molecule has 0 radical (unpaired) electrons. The van der Waals surface area contributed by atoms with Crippen molar-refractivity contribution in [3.8, 4) is 11.1 Å². The van der Waals surface area contributed by atoms with Crippen molar-refractivity contribution in [1.29, 1.82) is 0 Å². The molecule has 9 heteroatoms. The summed E-state index contributed by atoms with van der Waals surface area (Å²) in [5, 5.41) is 16.8. The minimum Gasteiger partial charge on any atom is -0.403 e. The highest BCUT2D eigenvalue weighted by Crippen LogP contribution is 2.40. The number of carbonyl (C=O) groups excluding carboxylic acids is 1. The third-order valence-corrected chi connectivity index (χ3v) is 7.98. The van der Waals surface area contributed by atoms with Crippen molar-refractivity contribution in [1.82, 2.24) is 19.8 Å². The zero-order chi connectivity index (χ0) is 31.4. The zero-order valence-corrected chi connectivity index (χ0v) is 25.1. The number of aryl methyl sites for hydroxylation is 1. The predicted molar refractivity (Wildman–Crippen MR) is 175 cm³/mol. The number of amides is 1. The van der Waals surface area contributed by atoms with Crippen LogP contribution in [-0.4, -0.2) is 32.5 Å². The molecule has 8 nitrogen and oxygen atoms in total. The van der Waals surface area contributed by atoms with Gasteiger partial charge in [0.2, 0.25) is 0 Å². The summed E-state index contributed by atoms with van der Waals surface area (Å²) in [6, 6.07) is 24.6. The summed E-state index contributed by atoms with van der Waals surface area (Å²) in [6.07, 6.45) is 6.22. The van der Waals surface area contributed by atoms with E-state index in [1.54, 1.807) is 96.8 Å². The Balaban J connectivity index is 1.63. The summed E-state index contributed by atoms with van der Waals surface area (Å²) in [4.78, 5) is 31.5. The van der Waals surface area contributed by atoms with Gasteiger partial charge in [-0.15, -0.1) is 0 Å². The molecule has 1 unspecified atom stereocenters. The topological polar surface area (TPSA) is 113 Å². The molecule has 0 aliphatic heterocycles. The zero-order valence-electron chi connectivity index (χ0n) is 24.4. The molecular weight excluding hydrogens is 574 g/mol. The van der Waals surface area contributed by atoms with Gasteiger partial charge < -0.3 is 25.6 Å². The third kappa shape index (κ3) is 5.73. The Morgan fingerprint density at radius 2 is 1.77 bits per heavy atom. The number of benzene rings is 3. The van der Waals surface area contributed by atoms with E-state index < -0.39 is 5.60 Å². The molecule has 4 N–H and O–H groups in total. The lowest BCUT2D eigenvalue weighted by atomic mass is 9.81. The fourth-order valence-corrected chi connectivity index (χ4v) is 5.47. The highest BCUT2D eigenvalue weighted by molar-refractivity contribution is 6.30. The number of aromatic nitrogens is 2. The van der Waals surface area contributed by atoms with Gasteiger partial charge in [-0.1, -0.05) is 48.5 Å². The van der Waals surface area contributed by atoms with Gasteiger partial charge in [-0.3, -0.25) is 14.6 Å². The Labute approximate surface area is 260 Å². The van der Waals surface area contributed by atoms with E-state index in [1.807, 2.05) is 30.3 Å². The van der Waals surface area contributed by atoms with Gasteiger partial charge in [0.05, 0.1) is 11.2 Å². The van der Waals surface area contributed by atoms with Crippen LogP contribution >= 0.6 is 11.6 Å². The second-order valence-electron chi connectivity index (χ2n) is 10.4. The Morgan fingerprint density at radius 1 is 1.07 bits per heavy atom. The van der Waals surface area contributed by atoms with Crippen molar-refractivity contribution in [2.75, 3.05) is 7.05 Å². The lowest BCUT2D eigenvalue weighted by Gasteiger charge is -2.36. The number of nitrogens with one attached hydrogen (secondary N) is 1. The summed E-state index contributed by atoms with van der Waals surface area (Å²) < 4.78 is 1.56. The van der Waals surface area contributed by atoms with E-state index in [1.165, 1.54) is 6.20 Å². The molecule has 0 saturated heterocycles. The van der Waals surface area contributed by atoms with Crippen LogP contribution in [0.1, 0.15) is 27.0 Å². The first kappa shape index (κ1) is 30.3. The number of aliphatic hydroxyl groups is 1. The fourth-order valence-electron chi connectivity index (χ4n) is 5.28. The van der Waals surface area contributed by atoms with E-state index in [0.29, 0.717) is 45.0 Å². The summed E-state index contributed by atoms with van der Waals surface area (Å²) >= 11 is 6.31. The summed E-state index contributed by atoms with van der Waals surface area (Å²) in [7, 11) is 3.44. The van der Waals surface area contributed by atoms with Crippen molar-refractivity contribution in [2.24, 2.45) is 12.8 Å². The van der Waals surface area contributed by atoms with Crippen molar-refractivity contribution in [3.05, 3.63) is 160 Å². The maximum atomic E-state index is 12.9. The fraction of sp³-hybridized carbons (Fsp3) is 0.114. The van der Waals surface area contributed by atoms with Crippen LogP contribution in [0, 0.1) is 0 Å². The number of carbonyl (C=O) groups is 1. The number of nitrogens with zero attached hydrogens (tertiary/aromatic N) is 3. The molecule has 0 saturated carbocycles. The smallest absolute Gasteiger partial charge is 0.251 e. The van der Waals surface area contributed by atoms with Gasteiger partial charge in [0.15, 0.2) is 5.60 Å². The number of hydrogen-bond donors (Lipinski definition) is 3. The van der Waals surface area contributed by atoms with Gasteiger partial charge in [0.1, 0.15) is 0 Å². The number of pyridine rings is 2. The Kier molecular flexibility index (Phi) is 8.66. The average Bonchev–Trinajstić information content (AvgIpc) is 3.05. The highest BCUT2D eigenvalue weighted by Gasteiger charge is 2.38. The minimum atomic E-state index is -1.77. The molecule has 0 spiro atoms. The average molecular weight is 606 g/mol. The van der Waals surface area contributed by atoms with E-state index in [-0.39, 0.29) is 11.5 Å². The van der Waals surface area contributed by atoms with E-state index in [9.17, 15) is 14.7 Å². The number of nitrogens with two attached hydrogens (primary N) is 1. The van der Waals surface area contributed by atoms with Crippen molar-refractivity contribution < 1.29 is 9.90 Å². The third-order valence-electron chi connectivity index (χ3n) is 7.75. The molecule has 0 aliphatic carbocycles. The van der Waals surface area contributed by atoms with Crippen LogP contribution in [-0.2, 0) is 19.2 Å². The van der Waals surface area contributed by atoms with Gasteiger partial charge in [0.25, 0.3) is 11.5 Å². The van der Waals surface area contributed by atoms with Crippen molar-refractivity contribution in [3.63, 3.8) is 0 Å². The highest BCUT2D eigenvalue weighted by atomic mass is 35.5. The number of rotatable bonds is 9. The van der Waals surface area contributed by atoms with Crippen molar-refractivity contribution >= 4 is 28.4 Å². The van der Waals surface area contributed by atoms with Crippen LogP contribution in [0.4, 0.5) is 0 Å². The molecule has 2 heterocycles. The lowest BCUT2D eigenvalue weighted by Crippen LogP contribution is -2.37. The van der Waals surface area contributed by atoms with Gasteiger partial charge in [-0.2, -0.15) is 0 Å². The minimum absolute atomic E-state index is 0.179. The molecule has 0 fully saturated rings. The molecule has 2 aromatic heterocycles. The second-order valence-corrected chi connectivity index (χ2v) is 10.8. The van der Waals surface area contributed by atoms with Crippen molar-refractivity contribution in [2.45, 2.75) is 12.1 Å². The number of fused-ring (bicyclic) bond motifs is 1. The molecule has 44 heavy (non-hydrogen) atoms. The van der Waals surface area contributed by atoms with Crippen LogP contribution in [0.3, 0.4) is 0 Å². The van der Waals surface area contributed by atoms with E-state index in [4.69, 9.17) is 17.3 Å². The molecule has 222 valence electrons. The quantitative estimate of drug-likeness (QED) is 0.210. The van der Waals surface area contributed by atoms with Crippen LogP contribution in [0.15, 0.2) is 127 Å². The van der Waals surface area contributed by atoms with Gasteiger partial charge >= 0.3 is 0 Å². The molecule has 0 aliphatic rings. The first-order valence-corrected chi connectivity index (χ1v) is 14.2. The molecule has 0 bridgehead atoms. The summed E-state index contributed by atoms with van der Waals surface area (Å²) in [6.45, 7) is 4.21. The molecule has 5 aromatic rings. The van der Waals surface area contributed by atoms with Gasteiger partial charge in [-0.05, 0) is 82.5 Å². The summed E-state index contributed by atoms with van der Waals surface area (Å²) in [5.41, 5.74) is 8.97. The van der Waals surface area contributed by atoms with Crippen LogP contribution < -0.4 is 16.6 Å². The second kappa shape index (κ2) is 12.6. The maximum Gasteiger partial charge on any atom is 0.251 e. The Bertz CT molecular complexity index is 1940. The SMILES string of the molecule is C=CN(C)/C(=C\N)C(O)(c1ccc(C(=O)NCc2ccncc2)cc1)c1ccc2c(c1)c(-c1cccc(Cl)c1)cc(=O)n2C. The standard InChI is InChI=1S/C35H32ClN5O3/c1-4-40(2)32(21-37)35(44,26-10-8-24(9-11-26)34(43)39-22-23-14-16-38-17-15-23)27-12-13-31-30(19-27)29(20-33(42)41(31)3)25-6-5-7-28(36)18-25/h4-21,44H,1,22,37H2,2-3H3,(H,39,43)/b32-21-. The van der Waals surface area contributed by atoms with Crippen LogP contribution in [0.5, 0.6) is 0 Å². The Hall–Kier alpha value is -5.18. The van der Waals surface area contributed by atoms with E-state index >= 15 is 0 Å². The predicted octanol–water partition coefficient (Wildman–Crippen LogP) is 5.30. The van der Waals surface area contributed by atoms with Gasteiger partial charge in [0, 0.05) is 61.3 Å². The first-order chi connectivity index (χ1) is 21.2. The Morgan fingerprint density at radius 3 is 2.43 bits per heavy atom. The van der Waals surface area contributed by atoms with E-state index in [0.717, 1.165) is 16.5 Å². The monoisotopic (exact) mass is 605 g/mol. The van der Waals surface area contributed by atoms with Gasteiger partial charge in [-0.25, -0.2) is 0 Å². The van der Waals surface area contributed by atoms with Crippen LogP contribution in [0.2, 0.25) is 5.02 Å². The van der Waals surface area contributed by atoms with Crippen LogP contribution in [0.25, 0.3) is 22.0 Å². The largest absolute Gasteiger partial charge is 0.403 e. The summed E-state index contributed by atoms with van der Waals surface area (Å²) in [5.74, 6) is -0.257. The lowest BCUT2D eigenvalue weighted by molar-refractivity contribution is 0.0941. The molecule has 3 aromatic carbocycles. The number of likely N-dealkylation sites (N-methyl/N-ethyl adjacent to an activating group) is 1. The number of hydrogen-bond acceptors (Lipinski definition) is 6. The molecule has 5 rings (SSSR count). The molecule has 1 amide bonds.